The molecule has 0 atom stereocenters. The number of carbonyl (C=O) groups is 1. The lowest BCUT2D eigenvalue weighted by Crippen LogP contribution is -2.38. The van der Waals surface area contributed by atoms with Gasteiger partial charge in [-0.3, -0.25) is 10.1 Å². The van der Waals surface area contributed by atoms with Gasteiger partial charge >= 0.3 is 0 Å². The summed E-state index contributed by atoms with van der Waals surface area (Å²) in [5.41, 5.74) is 1.92. The van der Waals surface area contributed by atoms with Crippen LogP contribution in [0.5, 0.6) is 0 Å². The minimum atomic E-state index is -0.372. The summed E-state index contributed by atoms with van der Waals surface area (Å²) < 4.78 is 5.39. The fourth-order valence-corrected chi connectivity index (χ4v) is 3.41. The first-order chi connectivity index (χ1) is 12.6. The van der Waals surface area contributed by atoms with Gasteiger partial charge < -0.3 is 15.0 Å². The van der Waals surface area contributed by atoms with Gasteiger partial charge in [0.05, 0.1) is 40.2 Å². The maximum Gasteiger partial charge on any atom is 0.258 e. The van der Waals surface area contributed by atoms with Crippen molar-refractivity contribution in [2.45, 2.75) is 0 Å². The molecule has 0 spiro atoms. The molecular formula is C18H17Cl2N3O2S. The Hall–Kier alpha value is -1.86. The van der Waals surface area contributed by atoms with Gasteiger partial charge in [0.2, 0.25) is 0 Å². The molecule has 0 saturated carbocycles. The first-order valence-corrected chi connectivity index (χ1v) is 9.21. The lowest BCUT2D eigenvalue weighted by atomic mass is 10.2. The maximum atomic E-state index is 12.3. The van der Waals surface area contributed by atoms with E-state index in [4.69, 9.17) is 40.2 Å². The molecule has 0 aliphatic carbocycles. The average Bonchev–Trinajstić information content (AvgIpc) is 2.62. The van der Waals surface area contributed by atoms with Crippen LogP contribution in [0.4, 0.5) is 11.4 Å². The van der Waals surface area contributed by atoms with Gasteiger partial charge in [-0.2, -0.15) is 0 Å². The first-order valence-electron chi connectivity index (χ1n) is 8.04. The standard InChI is InChI=1S/C18H17Cl2N3O2S/c19-13-5-2-1-4-12(13)17(24)22-18(26)21-15-7-3-6-14(20)16(15)23-8-10-25-11-9-23/h1-7H,8-11H2,(H2,21,22,24,26). The van der Waals surface area contributed by atoms with Crippen LogP contribution in [0.25, 0.3) is 0 Å². The van der Waals surface area contributed by atoms with E-state index in [1.807, 2.05) is 18.2 Å². The van der Waals surface area contributed by atoms with Crippen LogP contribution in [-0.4, -0.2) is 37.3 Å². The molecule has 136 valence electrons. The van der Waals surface area contributed by atoms with Crippen LogP contribution in [0, 0.1) is 0 Å². The fraction of sp³-hybridized carbons (Fsp3) is 0.222. The van der Waals surface area contributed by atoms with Crippen LogP contribution in [0.1, 0.15) is 10.4 Å². The number of nitrogens with one attached hydrogen (secondary N) is 2. The summed E-state index contributed by atoms with van der Waals surface area (Å²) >= 11 is 17.7. The molecule has 8 heteroatoms. The lowest BCUT2D eigenvalue weighted by molar-refractivity contribution is 0.0978. The average molecular weight is 410 g/mol. The molecule has 0 radical (unpaired) electrons. The summed E-state index contributed by atoms with van der Waals surface area (Å²) in [4.78, 5) is 14.5. The molecule has 26 heavy (non-hydrogen) atoms. The lowest BCUT2D eigenvalue weighted by Gasteiger charge is -2.31. The van der Waals surface area contributed by atoms with Crippen molar-refractivity contribution in [3.05, 3.63) is 58.1 Å². The number of morpholine rings is 1. The minimum Gasteiger partial charge on any atom is -0.378 e. The van der Waals surface area contributed by atoms with E-state index in [1.165, 1.54) is 0 Å². The summed E-state index contributed by atoms with van der Waals surface area (Å²) in [6, 6.07) is 12.3. The van der Waals surface area contributed by atoms with Crippen molar-refractivity contribution < 1.29 is 9.53 Å². The van der Waals surface area contributed by atoms with Crippen LogP contribution in [-0.2, 0) is 4.74 Å². The quantitative estimate of drug-likeness (QED) is 0.751. The first kappa shape index (κ1) is 18.9. The van der Waals surface area contributed by atoms with Gasteiger partial charge in [0.1, 0.15) is 0 Å². The van der Waals surface area contributed by atoms with Crippen molar-refractivity contribution >= 4 is 57.8 Å². The van der Waals surface area contributed by atoms with Crippen molar-refractivity contribution in [3.63, 3.8) is 0 Å². The third-order valence-electron chi connectivity index (χ3n) is 3.91. The number of anilines is 2. The molecule has 1 aliphatic heterocycles. The van der Waals surface area contributed by atoms with E-state index < -0.39 is 0 Å². The van der Waals surface area contributed by atoms with E-state index in [1.54, 1.807) is 24.3 Å². The highest BCUT2D eigenvalue weighted by Crippen LogP contribution is 2.34. The Labute approximate surface area is 167 Å². The molecule has 5 nitrogen and oxygen atoms in total. The van der Waals surface area contributed by atoms with Crippen LogP contribution in [0.15, 0.2) is 42.5 Å². The molecule has 0 aromatic heterocycles. The third-order valence-corrected chi connectivity index (χ3v) is 4.75. The van der Waals surface area contributed by atoms with Crippen molar-refractivity contribution in [1.29, 1.82) is 0 Å². The van der Waals surface area contributed by atoms with E-state index in [2.05, 4.69) is 15.5 Å². The summed E-state index contributed by atoms with van der Waals surface area (Å²) in [6.07, 6.45) is 0. The summed E-state index contributed by atoms with van der Waals surface area (Å²) in [5.74, 6) is -0.372. The molecule has 2 aromatic carbocycles. The van der Waals surface area contributed by atoms with E-state index in [-0.39, 0.29) is 11.0 Å². The van der Waals surface area contributed by atoms with Crippen LogP contribution < -0.4 is 15.5 Å². The highest BCUT2D eigenvalue weighted by atomic mass is 35.5. The predicted octanol–water partition coefficient (Wildman–Crippen LogP) is 3.96. The number of halogens is 2. The number of thiocarbonyl (C=S) groups is 1. The SMILES string of the molecule is O=C(NC(=S)Nc1cccc(Cl)c1N1CCOCC1)c1ccccc1Cl. The van der Waals surface area contributed by atoms with Gasteiger partial charge in [0.15, 0.2) is 5.11 Å². The zero-order valence-electron chi connectivity index (χ0n) is 13.8. The smallest absolute Gasteiger partial charge is 0.258 e. The Morgan fingerprint density at radius 2 is 1.73 bits per heavy atom. The topological polar surface area (TPSA) is 53.6 Å². The number of para-hydroxylation sites is 1. The number of ether oxygens (including phenoxy) is 1. The maximum absolute atomic E-state index is 12.3. The Morgan fingerprint density at radius 1 is 1.04 bits per heavy atom. The zero-order chi connectivity index (χ0) is 18.5. The number of nitrogens with zero attached hydrogens (tertiary/aromatic N) is 1. The second kappa shape index (κ2) is 8.68. The molecule has 1 heterocycles. The van der Waals surface area contributed by atoms with E-state index in [0.717, 1.165) is 24.5 Å². The number of hydrogen-bond donors (Lipinski definition) is 2. The summed E-state index contributed by atoms with van der Waals surface area (Å²) in [7, 11) is 0. The number of benzene rings is 2. The van der Waals surface area contributed by atoms with Crippen LogP contribution in [0.2, 0.25) is 10.0 Å². The van der Waals surface area contributed by atoms with Crippen LogP contribution >= 0.6 is 35.4 Å². The Balaban J connectivity index is 1.74. The Kier molecular flexibility index (Phi) is 6.32. The molecule has 0 bridgehead atoms. The van der Waals surface area contributed by atoms with Gasteiger partial charge in [0.25, 0.3) is 5.91 Å². The molecule has 1 saturated heterocycles. The monoisotopic (exact) mass is 409 g/mol. The van der Waals surface area contributed by atoms with Crippen molar-refractivity contribution in [2.24, 2.45) is 0 Å². The van der Waals surface area contributed by atoms with Gasteiger partial charge in [-0.15, -0.1) is 0 Å². The largest absolute Gasteiger partial charge is 0.378 e. The van der Waals surface area contributed by atoms with Crippen molar-refractivity contribution in [1.82, 2.24) is 5.32 Å². The van der Waals surface area contributed by atoms with Crippen molar-refractivity contribution in [2.75, 3.05) is 36.5 Å². The fourth-order valence-electron chi connectivity index (χ4n) is 2.69. The molecule has 1 aliphatic rings. The molecule has 0 unspecified atom stereocenters. The second-order valence-corrected chi connectivity index (χ2v) is 6.85. The summed E-state index contributed by atoms with van der Waals surface area (Å²) in [5, 5.41) is 6.85. The van der Waals surface area contributed by atoms with Gasteiger partial charge in [-0.05, 0) is 36.5 Å². The number of rotatable bonds is 3. The number of amides is 1. The molecule has 3 rings (SSSR count). The highest BCUT2D eigenvalue weighted by molar-refractivity contribution is 7.80. The molecule has 2 aromatic rings. The molecular weight excluding hydrogens is 393 g/mol. The Morgan fingerprint density at radius 3 is 2.46 bits per heavy atom. The minimum absolute atomic E-state index is 0.173. The molecule has 1 fully saturated rings. The molecule has 2 N–H and O–H groups in total. The Bertz CT molecular complexity index is 826. The zero-order valence-corrected chi connectivity index (χ0v) is 16.1. The van der Waals surface area contributed by atoms with E-state index >= 15 is 0 Å². The second-order valence-electron chi connectivity index (χ2n) is 5.62. The third kappa shape index (κ3) is 4.45. The number of hydrogen-bond acceptors (Lipinski definition) is 4. The highest BCUT2D eigenvalue weighted by Gasteiger charge is 2.19. The van der Waals surface area contributed by atoms with Crippen LogP contribution in [0.3, 0.4) is 0 Å². The van der Waals surface area contributed by atoms with Crippen molar-refractivity contribution in [3.8, 4) is 0 Å². The predicted molar refractivity (Wildman–Crippen MR) is 110 cm³/mol. The molecule has 1 amide bonds. The van der Waals surface area contributed by atoms with Gasteiger partial charge in [-0.25, -0.2) is 0 Å². The van der Waals surface area contributed by atoms with E-state index in [0.29, 0.717) is 28.8 Å². The van der Waals surface area contributed by atoms with Gasteiger partial charge in [0, 0.05) is 13.1 Å². The van der Waals surface area contributed by atoms with Gasteiger partial charge in [-0.1, -0.05) is 41.4 Å². The normalized spacial score (nSPS) is 14.0. The van der Waals surface area contributed by atoms with E-state index in [9.17, 15) is 4.79 Å². The number of carbonyl (C=O) groups excluding carboxylic acids is 1. The summed E-state index contributed by atoms with van der Waals surface area (Å²) in [6.45, 7) is 2.74.